The van der Waals surface area contributed by atoms with Crippen molar-refractivity contribution in [1.82, 2.24) is 15.4 Å². The van der Waals surface area contributed by atoms with Gasteiger partial charge in [-0.25, -0.2) is 4.79 Å². The number of fused-ring (bicyclic) bond motifs is 1. The molecule has 3 heterocycles. The van der Waals surface area contributed by atoms with Crippen LogP contribution < -0.4 is 10.4 Å². The summed E-state index contributed by atoms with van der Waals surface area (Å²) in [5.74, 6) is -2.59. The van der Waals surface area contributed by atoms with E-state index in [4.69, 9.17) is 9.26 Å². The van der Waals surface area contributed by atoms with Crippen molar-refractivity contribution in [3.8, 4) is 11.3 Å². The third-order valence-corrected chi connectivity index (χ3v) is 8.09. The zero-order valence-electron chi connectivity index (χ0n) is 22.2. The Hall–Kier alpha value is -3.38. The van der Waals surface area contributed by atoms with Gasteiger partial charge in [-0.15, -0.1) is 11.8 Å². The number of thioether (sulfide) groups is 1. The van der Waals surface area contributed by atoms with Crippen molar-refractivity contribution in [1.29, 1.82) is 0 Å². The van der Waals surface area contributed by atoms with E-state index < -0.39 is 58.5 Å². The number of aromatic nitrogens is 1. The Labute approximate surface area is 225 Å². The monoisotopic (exact) mass is 544 g/mol. The van der Waals surface area contributed by atoms with E-state index in [0.29, 0.717) is 21.5 Å². The lowest BCUT2D eigenvalue weighted by molar-refractivity contribution is -0.873. The van der Waals surface area contributed by atoms with E-state index in [2.05, 4.69) is 10.5 Å². The Morgan fingerprint density at radius 3 is 2.50 bits per heavy atom. The third-order valence-electron chi connectivity index (χ3n) is 6.52. The highest BCUT2D eigenvalue weighted by Gasteiger charge is 2.64. The molecule has 2 aliphatic heterocycles. The van der Waals surface area contributed by atoms with Gasteiger partial charge in [0.15, 0.2) is 6.10 Å². The number of benzene rings is 1. The summed E-state index contributed by atoms with van der Waals surface area (Å²) < 4.78 is 10.5. The second-order valence-corrected chi connectivity index (χ2v) is 12.9. The summed E-state index contributed by atoms with van der Waals surface area (Å²) in [7, 11) is 5.57. The fraction of sp³-hybridized carbons (Fsp3) is 0.500. The fourth-order valence-electron chi connectivity index (χ4n) is 4.94. The van der Waals surface area contributed by atoms with Crippen LogP contribution in [-0.2, 0) is 19.1 Å². The quantitative estimate of drug-likeness (QED) is 0.272. The van der Waals surface area contributed by atoms with E-state index in [1.165, 1.54) is 16.7 Å². The molecule has 0 saturated carbocycles. The molecule has 0 spiro atoms. The first kappa shape index (κ1) is 27.6. The molecule has 2 saturated heterocycles. The zero-order chi connectivity index (χ0) is 28.0. The van der Waals surface area contributed by atoms with E-state index in [1.807, 2.05) is 65.3 Å². The summed E-state index contributed by atoms with van der Waals surface area (Å²) in [6.45, 7) is 5.53. The number of hydrogen-bond acceptors (Lipinski definition) is 9. The second kappa shape index (κ2) is 10.1. The van der Waals surface area contributed by atoms with Gasteiger partial charge in [-0.3, -0.25) is 9.59 Å². The molecule has 0 bridgehead atoms. The van der Waals surface area contributed by atoms with Crippen LogP contribution in [0.1, 0.15) is 36.4 Å². The molecular formula is C26H32N4O7S. The molecule has 38 heavy (non-hydrogen) atoms. The van der Waals surface area contributed by atoms with Gasteiger partial charge in [0.25, 0.3) is 5.91 Å². The lowest BCUT2D eigenvalue weighted by Crippen LogP contribution is -2.71. The molecule has 0 radical (unpaired) electrons. The highest BCUT2D eigenvalue weighted by atomic mass is 32.2. The molecule has 2 aromatic rings. The van der Waals surface area contributed by atoms with Gasteiger partial charge in [0, 0.05) is 22.7 Å². The van der Waals surface area contributed by atoms with Gasteiger partial charge < -0.3 is 33.9 Å². The van der Waals surface area contributed by atoms with E-state index >= 15 is 0 Å². The first-order valence-electron chi connectivity index (χ1n) is 12.2. The number of carboxylic acids is 1. The van der Waals surface area contributed by atoms with Crippen LogP contribution in [0, 0.1) is 6.92 Å². The Morgan fingerprint density at radius 2 is 1.89 bits per heavy atom. The minimum atomic E-state index is -1.32. The SMILES string of the molecule is Cc1onc(-c2ccccc2)c1C(=O)N[C@@H]1C(=O)N2[C@@H]1SC(C)(C)[C@@H]2C(=O)OC(CC(=O)[O-])C[N+](C)(C)C. The third kappa shape index (κ3) is 5.41. The lowest BCUT2D eigenvalue weighted by atomic mass is 9.95. The standard InChI is InChI=1S/C26H32N4O7S/c1-14-18(19(28-37-14)15-10-8-7-9-11-15)22(33)27-20-23(34)29-21(26(2,3)38-24(20)29)25(35)36-16(12-17(31)32)13-30(4,5)6/h7-11,16,20-21,24H,12-13H2,1-6H3,(H-,27,31,32,33)/t16?,20-,21+,24-/m1/s1. The van der Waals surface area contributed by atoms with Crippen LogP contribution in [0.15, 0.2) is 34.9 Å². The van der Waals surface area contributed by atoms with Crippen molar-refractivity contribution in [2.75, 3.05) is 27.7 Å². The van der Waals surface area contributed by atoms with E-state index in [9.17, 15) is 24.3 Å². The Balaban J connectivity index is 1.50. The van der Waals surface area contributed by atoms with Crippen LogP contribution in [-0.4, -0.2) is 94.3 Å². The summed E-state index contributed by atoms with van der Waals surface area (Å²) in [6, 6.07) is 7.32. The molecule has 0 aliphatic carbocycles. The smallest absolute Gasteiger partial charge is 0.330 e. The maximum absolute atomic E-state index is 13.3. The van der Waals surface area contributed by atoms with Gasteiger partial charge in [0.05, 0.1) is 21.1 Å². The number of carbonyl (C=O) groups excluding carboxylic acids is 4. The number of nitrogens with zero attached hydrogens (tertiary/aromatic N) is 3. The van der Waals surface area contributed by atoms with Gasteiger partial charge in [-0.05, 0) is 20.8 Å². The predicted octanol–water partition coefficient (Wildman–Crippen LogP) is 0.569. The van der Waals surface area contributed by atoms with Crippen molar-refractivity contribution in [3.05, 3.63) is 41.7 Å². The molecule has 2 amide bonds. The van der Waals surface area contributed by atoms with Gasteiger partial charge >= 0.3 is 5.97 Å². The summed E-state index contributed by atoms with van der Waals surface area (Å²) in [5.41, 5.74) is 1.32. The second-order valence-electron chi connectivity index (χ2n) is 11.1. The number of carboxylic acid groups (broad SMARTS) is 1. The minimum Gasteiger partial charge on any atom is -0.550 e. The van der Waals surface area contributed by atoms with E-state index in [0.717, 1.165) is 0 Å². The number of aryl methyl sites for hydroxylation is 1. The normalized spacial score (nSPS) is 22.8. The summed E-state index contributed by atoms with van der Waals surface area (Å²) in [4.78, 5) is 52.4. The lowest BCUT2D eigenvalue weighted by Gasteiger charge is -2.44. The number of carbonyl (C=O) groups is 4. The molecule has 12 heteroatoms. The van der Waals surface area contributed by atoms with E-state index in [-0.39, 0.29) is 12.1 Å². The minimum absolute atomic E-state index is 0.242. The van der Waals surface area contributed by atoms with Crippen LogP contribution in [0.4, 0.5) is 0 Å². The molecular weight excluding hydrogens is 512 g/mol. The summed E-state index contributed by atoms with van der Waals surface area (Å²) >= 11 is 1.38. The first-order chi connectivity index (χ1) is 17.7. The summed E-state index contributed by atoms with van der Waals surface area (Å²) in [6.07, 6.45) is -1.35. The molecule has 4 rings (SSSR count). The van der Waals surface area contributed by atoms with Crippen LogP contribution in [0.5, 0.6) is 0 Å². The maximum atomic E-state index is 13.3. The molecule has 11 nitrogen and oxygen atoms in total. The zero-order valence-corrected chi connectivity index (χ0v) is 23.0. The number of esters is 1. The predicted molar refractivity (Wildman–Crippen MR) is 136 cm³/mol. The topological polar surface area (TPSA) is 142 Å². The number of ether oxygens (including phenoxy) is 1. The number of amides is 2. The first-order valence-corrected chi connectivity index (χ1v) is 13.1. The fourth-order valence-corrected chi connectivity index (χ4v) is 6.56. The number of aliphatic carboxylic acids is 1. The van der Waals surface area contributed by atoms with Crippen molar-refractivity contribution in [3.63, 3.8) is 0 Å². The van der Waals surface area contributed by atoms with Crippen LogP contribution in [0.2, 0.25) is 0 Å². The highest BCUT2D eigenvalue weighted by molar-refractivity contribution is 8.01. The van der Waals surface area contributed by atoms with Gasteiger partial charge in [-0.1, -0.05) is 35.5 Å². The van der Waals surface area contributed by atoms with Crippen molar-refractivity contribution < 1.29 is 38.0 Å². The Kier molecular flexibility index (Phi) is 7.32. The van der Waals surface area contributed by atoms with Crippen molar-refractivity contribution in [2.45, 2.75) is 55.5 Å². The van der Waals surface area contributed by atoms with Crippen LogP contribution in [0.3, 0.4) is 0 Å². The van der Waals surface area contributed by atoms with Crippen LogP contribution in [0.25, 0.3) is 11.3 Å². The van der Waals surface area contributed by atoms with Crippen LogP contribution >= 0.6 is 11.8 Å². The van der Waals surface area contributed by atoms with Gasteiger partial charge in [-0.2, -0.15) is 0 Å². The average molecular weight is 545 g/mol. The number of quaternary nitrogens is 1. The molecule has 1 unspecified atom stereocenters. The average Bonchev–Trinajstić information content (AvgIpc) is 3.31. The number of rotatable bonds is 9. The molecule has 1 N–H and O–H groups in total. The highest BCUT2D eigenvalue weighted by Crippen LogP contribution is 2.51. The Morgan fingerprint density at radius 1 is 1.24 bits per heavy atom. The molecule has 2 fully saturated rings. The number of likely N-dealkylation sites (N-methyl/N-ethyl adjacent to an activating group) is 1. The largest absolute Gasteiger partial charge is 0.550 e. The van der Waals surface area contributed by atoms with Gasteiger partial charge in [0.1, 0.15) is 41.0 Å². The van der Waals surface area contributed by atoms with Crippen molar-refractivity contribution in [2.24, 2.45) is 0 Å². The van der Waals surface area contributed by atoms with Gasteiger partial charge in [0.2, 0.25) is 5.91 Å². The Bertz CT molecular complexity index is 1250. The maximum Gasteiger partial charge on any atom is 0.330 e. The number of β-lactam (4-membered cyclic amide) rings is 1. The molecule has 204 valence electrons. The number of hydrogen-bond donors (Lipinski definition) is 1. The summed E-state index contributed by atoms with van der Waals surface area (Å²) in [5, 5.41) is 17.6. The van der Waals surface area contributed by atoms with Crippen molar-refractivity contribution >= 4 is 35.5 Å². The molecule has 4 atom stereocenters. The molecule has 1 aromatic heterocycles. The number of nitrogens with one attached hydrogen (secondary N) is 1. The molecule has 1 aromatic carbocycles. The van der Waals surface area contributed by atoms with E-state index in [1.54, 1.807) is 6.92 Å². The molecule has 2 aliphatic rings.